The molecule has 1 heterocycles. The third-order valence-electron chi connectivity index (χ3n) is 2.09. The maximum atomic E-state index is 11.7. The maximum absolute atomic E-state index is 11.7. The van der Waals surface area contributed by atoms with E-state index in [2.05, 4.69) is 10.6 Å². The van der Waals surface area contributed by atoms with Crippen molar-refractivity contribution in [3.05, 3.63) is 10.4 Å². The van der Waals surface area contributed by atoms with Crippen molar-refractivity contribution in [3.63, 3.8) is 0 Å². The van der Waals surface area contributed by atoms with Crippen molar-refractivity contribution >= 4 is 33.9 Å². The number of carbonyl (C=O) groups is 2. The molecule has 0 radical (unpaired) electrons. The molecule has 1 aromatic heterocycles. The molecule has 1 aromatic rings. The Balaban J connectivity index is 3.24. The quantitative estimate of drug-likeness (QED) is 0.697. The van der Waals surface area contributed by atoms with E-state index >= 15 is 0 Å². The summed E-state index contributed by atoms with van der Waals surface area (Å²) in [7, 11) is 3.16. The summed E-state index contributed by atoms with van der Waals surface area (Å²) in [6.45, 7) is 1.96. The number of nitrogens with two attached hydrogens (primary N) is 1. The van der Waals surface area contributed by atoms with Crippen LogP contribution >= 0.6 is 11.3 Å². The highest BCUT2D eigenvalue weighted by Gasteiger charge is 2.25. The molecule has 17 heavy (non-hydrogen) atoms. The average molecular weight is 257 g/mol. The molecule has 0 spiro atoms. The molecule has 1 amide bonds. The topological polar surface area (TPSA) is 93.4 Å². The van der Waals surface area contributed by atoms with E-state index in [0.29, 0.717) is 9.88 Å². The fraction of sp³-hybridized carbons (Fsp3) is 0.400. The molecule has 94 valence electrons. The van der Waals surface area contributed by atoms with Gasteiger partial charge in [0.15, 0.2) is 0 Å². The highest BCUT2D eigenvalue weighted by atomic mass is 32.1. The van der Waals surface area contributed by atoms with Crippen molar-refractivity contribution in [2.24, 2.45) is 0 Å². The molecule has 0 aliphatic carbocycles. The summed E-state index contributed by atoms with van der Waals surface area (Å²) in [5.74, 6) is -0.847. The monoisotopic (exact) mass is 257 g/mol. The zero-order valence-electron chi connectivity index (χ0n) is 9.92. The normalized spacial score (nSPS) is 9.82. The summed E-state index contributed by atoms with van der Waals surface area (Å²) in [6.07, 6.45) is 0. The summed E-state index contributed by atoms with van der Waals surface area (Å²) in [5, 5.41) is 5.83. The molecule has 0 atom stereocenters. The lowest BCUT2D eigenvalue weighted by atomic mass is 10.2. The predicted octanol–water partition coefficient (Wildman–Crippen LogP) is 0.908. The van der Waals surface area contributed by atoms with E-state index in [-0.39, 0.29) is 23.8 Å². The van der Waals surface area contributed by atoms with Gasteiger partial charge >= 0.3 is 5.97 Å². The van der Waals surface area contributed by atoms with Crippen molar-refractivity contribution in [1.82, 2.24) is 5.32 Å². The minimum atomic E-state index is -0.527. The number of ether oxygens (including phenoxy) is 1. The Kier molecular flexibility index (Phi) is 4.33. The molecule has 0 saturated carbocycles. The Morgan fingerprint density at radius 3 is 2.53 bits per heavy atom. The van der Waals surface area contributed by atoms with E-state index in [0.717, 1.165) is 11.3 Å². The number of anilines is 2. The van der Waals surface area contributed by atoms with Crippen LogP contribution in [0.5, 0.6) is 0 Å². The highest BCUT2D eigenvalue weighted by molar-refractivity contribution is 7.19. The summed E-state index contributed by atoms with van der Waals surface area (Å²) >= 11 is 1.12. The number of hydrogen-bond acceptors (Lipinski definition) is 6. The van der Waals surface area contributed by atoms with Gasteiger partial charge in [-0.05, 0) is 6.92 Å². The molecule has 0 bridgehead atoms. The van der Waals surface area contributed by atoms with Gasteiger partial charge in [0.05, 0.1) is 12.3 Å². The van der Waals surface area contributed by atoms with Crippen LogP contribution < -0.4 is 16.4 Å². The Hall–Kier alpha value is -1.76. The molecule has 7 heteroatoms. The zero-order chi connectivity index (χ0) is 13.0. The van der Waals surface area contributed by atoms with Gasteiger partial charge in [0.1, 0.15) is 15.4 Å². The van der Waals surface area contributed by atoms with Crippen LogP contribution in [0.3, 0.4) is 0 Å². The Morgan fingerprint density at radius 2 is 2.06 bits per heavy atom. The van der Waals surface area contributed by atoms with Gasteiger partial charge in [0, 0.05) is 14.1 Å². The minimum Gasteiger partial charge on any atom is -0.462 e. The van der Waals surface area contributed by atoms with E-state index in [1.165, 1.54) is 7.05 Å². The van der Waals surface area contributed by atoms with Crippen LogP contribution in [0, 0.1) is 0 Å². The first-order valence-electron chi connectivity index (χ1n) is 5.06. The first kappa shape index (κ1) is 13.3. The van der Waals surface area contributed by atoms with E-state index in [1.807, 2.05) is 0 Å². The molecular weight excluding hydrogens is 242 g/mol. The smallest absolute Gasteiger partial charge is 0.343 e. The van der Waals surface area contributed by atoms with Crippen LogP contribution in [-0.2, 0) is 4.74 Å². The SMILES string of the molecule is CCOC(=O)c1c(NC)sc(C(=O)NC)c1N. The van der Waals surface area contributed by atoms with Crippen molar-refractivity contribution < 1.29 is 14.3 Å². The van der Waals surface area contributed by atoms with E-state index in [1.54, 1.807) is 14.0 Å². The molecule has 0 aromatic carbocycles. The number of nitrogen functional groups attached to an aromatic ring is 1. The molecule has 6 nitrogen and oxygen atoms in total. The van der Waals surface area contributed by atoms with E-state index in [9.17, 15) is 9.59 Å². The second kappa shape index (κ2) is 5.53. The Bertz CT molecular complexity index is 442. The van der Waals surface area contributed by atoms with Gasteiger partial charge in [-0.1, -0.05) is 0 Å². The standard InChI is InChI=1S/C10H15N3O3S/c1-4-16-10(15)5-6(11)7(8(14)12-2)17-9(5)13-3/h13H,4,11H2,1-3H3,(H,12,14). The predicted molar refractivity (Wildman–Crippen MR) is 67.6 cm³/mol. The van der Waals surface area contributed by atoms with Crippen LogP contribution in [0.25, 0.3) is 0 Å². The fourth-order valence-electron chi connectivity index (χ4n) is 1.31. The second-order valence-electron chi connectivity index (χ2n) is 3.10. The van der Waals surface area contributed by atoms with Gasteiger partial charge in [0.2, 0.25) is 0 Å². The molecule has 0 fully saturated rings. The molecule has 0 unspecified atom stereocenters. The number of carbonyl (C=O) groups excluding carboxylic acids is 2. The van der Waals surface area contributed by atoms with Crippen molar-refractivity contribution in [2.45, 2.75) is 6.92 Å². The summed E-state index contributed by atoms with van der Waals surface area (Å²) in [6, 6.07) is 0. The number of amides is 1. The number of esters is 1. The maximum Gasteiger partial charge on any atom is 0.343 e. The molecule has 4 N–H and O–H groups in total. The minimum absolute atomic E-state index is 0.150. The van der Waals surface area contributed by atoms with E-state index < -0.39 is 5.97 Å². The first-order chi connectivity index (χ1) is 8.06. The summed E-state index contributed by atoms with van der Waals surface area (Å²) in [5.41, 5.74) is 6.17. The number of hydrogen-bond donors (Lipinski definition) is 3. The lowest BCUT2D eigenvalue weighted by Gasteiger charge is -2.04. The number of rotatable bonds is 4. The van der Waals surface area contributed by atoms with Crippen LogP contribution in [0.15, 0.2) is 0 Å². The molecular formula is C10H15N3O3S. The molecule has 1 rings (SSSR count). The summed E-state index contributed by atoms with van der Waals surface area (Å²) in [4.78, 5) is 23.5. The van der Waals surface area contributed by atoms with Gasteiger partial charge in [-0.3, -0.25) is 4.79 Å². The zero-order valence-corrected chi connectivity index (χ0v) is 10.7. The number of nitrogens with one attached hydrogen (secondary N) is 2. The highest BCUT2D eigenvalue weighted by Crippen LogP contribution is 2.35. The Labute approximate surface area is 103 Å². The second-order valence-corrected chi connectivity index (χ2v) is 4.12. The van der Waals surface area contributed by atoms with Crippen LogP contribution in [0.4, 0.5) is 10.7 Å². The molecule has 0 aliphatic heterocycles. The lowest BCUT2D eigenvalue weighted by molar-refractivity contribution is 0.0529. The summed E-state index contributed by atoms with van der Waals surface area (Å²) < 4.78 is 4.89. The first-order valence-corrected chi connectivity index (χ1v) is 5.87. The van der Waals surface area contributed by atoms with Crippen LogP contribution in [0.1, 0.15) is 27.0 Å². The molecule has 0 aliphatic rings. The van der Waals surface area contributed by atoms with Gasteiger partial charge in [-0.15, -0.1) is 11.3 Å². The van der Waals surface area contributed by atoms with Crippen molar-refractivity contribution in [2.75, 3.05) is 31.8 Å². The van der Waals surface area contributed by atoms with Crippen LogP contribution in [-0.4, -0.2) is 32.6 Å². The third kappa shape index (κ3) is 2.50. The van der Waals surface area contributed by atoms with E-state index in [4.69, 9.17) is 10.5 Å². The molecule has 0 saturated heterocycles. The lowest BCUT2D eigenvalue weighted by Crippen LogP contribution is -2.18. The largest absolute Gasteiger partial charge is 0.462 e. The third-order valence-corrected chi connectivity index (χ3v) is 3.31. The van der Waals surface area contributed by atoms with Gasteiger partial charge in [-0.25, -0.2) is 4.79 Å². The van der Waals surface area contributed by atoms with Crippen molar-refractivity contribution in [3.8, 4) is 0 Å². The number of thiophene rings is 1. The van der Waals surface area contributed by atoms with Gasteiger partial charge in [-0.2, -0.15) is 0 Å². The Morgan fingerprint density at radius 1 is 1.41 bits per heavy atom. The van der Waals surface area contributed by atoms with Crippen LogP contribution in [0.2, 0.25) is 0 Å². The van der Waals surface area contributed by atoms with Gasteiger partial charge < -0.3 is 21.1 Å². The fourth-order valence-corrected chi connectivity index (χ4v) is 2.32. The van der Waals surface area contributed by atoms with Crippen molar-refractivity contribution in [1.29, 1.82) is 0 Å². The van der Waals surface area contributed by atoms with Gasteiger partial charge in [0.25, 0.3) is 5.91 Å². The average Bonchev–Trinajstić information content (AvgIpc) is 2.65.